The van der Waals surface area contributed by atoms with Crippen molar-refractivity contribution in [2.75, 3.05) is 5.73 Å². The SMILES string of the molecule is N=c1c(N)c2oc3ccccc3nc-2c2ccccc12. The molecule has 0 bridgehead atoms. The first kappa shape index (κ1) is 11.0. The Morgan fingerprint density at radius 2 is 1.65 bits per heavy atom. The van der Waals surface area contributed by atoms with Crippen molar-refractivity contribution in [1.29, 1.82) is 5.41 Å². The quantitative estimate of drug-likeness (QED) is 0.290. The molecule has 0 unspecified atom stereocenters. The highest BCUT2D eigenvalue weighted by atomic mass is 16.3. The fraction of sp³-hybridized carbons (Fsp3) is 0. The van der Waals surface area contributed by atoms with Crippen LogP contribution in [-0.4, -0.2) is 4.98 Å². The molecule has 0 spiro atoms. The van der Waals surface area contributed by atoms with E-state index in [9.17, 15) is 0 Å². The average Bonchev–Trinajstić information content (AvgIpc) is 2.51. The van der Waals surface area contributed by atoms with Gasteiger partial charge in [-0.3, -0.25) is 5.41 Å². The third-order valence-corrected chi connectivity index (χ3v) is 3.49. The van der Waals surface area contributed by atoms with Gasteiger partial charge in [0.2, 0.25) is 0 Å². The third-order valence-electron chi connectivity index (χ3n) is 3.49. The molecular weight excluding hydrogens is 250 g/mol. The third kappa shape index (κ3) is 1.36. The molecule has 3 N–H and O–H groups in total. The second-order valence-electron chi connectivity index (χ2n) is 4.69. The van der Waals surface area contributed by atoms with Gasteiger partial charge < -0.3 is 10.2 Å². The van der Waals surface area contributed by atoms with Gasteiger partial charge in [0.1, 0.15) is 16.9 Å². The predicted octanol–water partition coefficient (Wildman–Crippen LogP) is 3.15. The number of anilines is 1. The lowest BCUT2D eigenvalue weighted by molar-refractivity contribution is 0.615. The van der Waals surface area contributed by atoms with Crippen LogP contribution in [0.2, 0.25) is 0 Å². The largest absolute Gasteiger partial charge is 0.451 e. The van der Waals surface area contributed by atoms with Crippen LogP contribution in [0.5, 0.6) is 0 Å². The molecule has 0 saturated carbocycles. The second kappa shape index (κ2) is 3.81. The molecule has 4 heteroatoms. The van der Waals surface area contributed by atoms with Crippen molar-refractivity contribution in [3.8, 4) is 11.5 Å². The van der Waals surface area contributed by atoms with Crippen LogP contribution in [0, 0.1) is 5.41 Å². The summed E-state index contributed by atoms with van der Waals surface area (Å²) >= 11 is 0. The number of para-hydroxylation sites is 2. The first-order valence-electron chi connectivity index (χ1n) is 6.30. The Morgan fingerprint density at radius 1 is 0.950 bits per heavy atom. The van der Waals surface area contributed by atoms with Gasteiger partial charge in [-0.05, 0) is 12.1 Å². The highest BCUT2D eigenvalue weighted by Gasteiger charge is 2.18. The lowest BCUT2D eigenvalue weighted by atomic mass is 10.0. The molecule has 0 aromatic heterocycles. The number of rotatable bonds is 0. The summed E-state index contributed by atoms with van der Waals surface area (Å²) in [5.41, 5.74) is 8.53. The zero-order chi connectivity index (χ0) is 13.7. The first-order chi connectivity index (χ1) is 9.75. The van der Waals surface area contributed by atoms with E-state index < -0.39 is 0 Å². The Kier molecular flexibility index (Phi) is 2.09. The minimum absolute atomic E-state index is 0.286. The van der Waals surface area contributed by atoms with Crippen LogP contribution in [0.25, 0.3) is 33.3 Å². The number of aromatic nitrogens is 1. The van der Waals surface area contributed by atoms with Gasteiger partial charge in [0, 0.05) is 10.8 Å². The zero-order valence-corrected chi connectivity index (χ0v) is 10.6. The van der Waals surface area contributed by atoms with Crippen molar-refractivity contribution in [3.63, 3.8) is 0 Å². The van der Waals surface area contributed by atoms with Gasteiger partial charge in [-0.25, -0.2) is 4.98 Å². The fourth-order valence-electron chi connectivity index (χ4n) is 2.50. The van der Waals surface area contributed by atoms with Crippen LogP contribution in [0.4, 0.5) is 5.69 Å². The number of fused-ring (bicyclic) bond motifs is 4. The van der Waals surface area contributed by atoms with E-state index in [1.807, 2.05) is 48.5 Å². The van der Waals surface area contributed by atoms with Crippen LogP contribution < -0.4 is 11.1 Å². The van der Waals surface area contributed by atoms with Gasteiger partial charge in [-0.2, -0.15) is 0 Å². The number of nitrogens with zero attached hydrogens (tertiary/aromatic N) is 1. The first-order valence-corrected chi connectivity index (χ1v) is 6.30. The number of nitrogens with two attached hydrogens (primary N) is 1. The standard InChI is InChI=1S/C16H11N3O/c17-13-9-5-1-2-6-10(9)15-16(14(13)18)20-12-8-4-3-7-11(12)19-15/h1-8,17H,18H2. The Balaban J connectivity index is 2.34. The molecule has 0 amide bonds. The van der Waals surface area contributed by atoms with E-state index >= 15 is 0 Å². The van der Waals surface area contributed by atoms with Crippen molar-refractivity contribution in [1.82, 2.24) is 4.98 Å². The van der Waals surface area contributed by atoms with Crippen molar-refractivity contribution >= 4 is 27.6 Å². The summed E-state index contributed by atoms with van der Waals surface area (Å²) in [7, 11) is 0. The smallest absolute Gasteiger partial charge is 0.178 e. The minimum Gasteiger partial charge on any atom is -0.451 e. The summed E-state index contributed by atoms with van der Waals surface area (Å²) < 4.78 is 5.86. The van der Waals surface area contributed by atoms with Crippen LogP contribution >= 0.6 is 0 Å². The van der Waals surface area contributed by atoms with Crippen molar-refractivity contribution in [2.45, 2.75) is 0 Å². The Bertz CT molecular complexity index is 988. The molecule has 96 valence electrons. The van der Waals surface area contributed by atoms with E-state index in [0.29, 0.717) is 22.7 Å². The molecule has 1 heterocycles. The van der Waals surface area contributed by atoms with Gasteiger partial charge in [0.15, 0.2) is 11.3 Å². The predicted molar refractivity (Wildman–Crippen MR) is 78.4 cm³/mol. The summed E-state index contributed by atoms with van der Waals surface area (Å²) in [5.74, 6) is 0.479. The molecule has 20 heavy (non-hydrogen) atoms. The number of nitrogen functional groups attached to an aromatic ring is 1. The van der Waals surface area contributed by atoms with Gasteiger partial charge in [-0.1, -0.05) is 36.4 Å². The Labute approximate surface area is 114 Å². The Hall–Kier alpha value is -2.88. The molecule has 1 aliphatic carbocycles. The summed E-state index contributed by atoms with van der Waals surface area (Å²) in [6.07, 6.45) is 0. The average molecular weight is 261 g/mol. The lowest BCUT2D eigenvalue weighted by Gasteiger charge is -2.12. The summed E-state index contributed by atoms with van der Waals surface area (Å²) in [6.45, 7) is 0. The second-order valence-corrected chi connectivity index (χ2v) is 4.69. The lowest BCUT2D eigenvalue weighted by Crippen LogP contribution is -2.12. The number of hydrogen-bond donors (Lipinski definition) is 2. The topological polar surface area (TPSA) is 75.9 Å². The van der Waals surface area contributed by atoms with E-state index in [1.54, 1.807) is 0 Å². The van der Waals surface area contributed by atoms with E-state index in [0.717, 1.165) is 16.3 Å². The maximum atomic E-state index is 8.17. The molecule has 0 saturated heterocycles. The molecular formula is C16H11N3O. The molecule has 2 aromatic rings. The molecule has 0 fully saturated rings. The highest BCUT2D eigenvalue weighted by Crippen LogP contribution is 2.33. The molecule has 4 rings (SSSR count). The molecule has 2 aromatic carbocycles. The highest BCUT2D eigenvalue weighted by molar-refractivity contribution is 6.00. The fourth-order valence-corrected chi connectivity index (χ4v) is 2.50. The monoisotopic (exact) mass is 261 g/mol. The molecule has 4 nitrogen and oxygen atoms in total. The van der Waals surface area contributed by atoms with Crippen molar-refractivity contribution in [2.24, 2.45) is 0 Å². The van der Waals surface area contributed by atoms with Crippen molar-refractivity contribution < 1.29 is 4.42 Å². The van der Waals surface area contributed by atoms with E-state index in [2.05, 4.69) is 4.98 Å². The summed E-state index contributed by atoms with van der Waals surface area (Å²) in [5, 5.41) is 10.1. The molecule has 0 radical (unpaired) electrons. The summed E-state index contributed by atoms with van der Waals surface area (Å²) in [4.78, 5) is 4.65. The van der Waals surface area contributed by atoms with E-state index in [1.165, 1.54) is 0 Å². The van der Waals surface area contributed by atoms with Gasteiger partial charge in [0.05, 0.1) is 5.36 Å². The molecule has 2 aliphatic rings. The van der Waals surface area contributed by atoms with Crippen LogP contribution in [0.3, 0.4) is 0 Å². The normalized spacial score (nSPS) is 11.4. The molecule has 1 aliphatic heterocycles. The van der Waals surface area contributed by atoms with Crippen LogP contribution in [0.15, 0.2) is 52.9 Å². The van der Waals surface area contributed by atoms with Crippen LogP contribution in [-0.2, 0) is 0 Å². The van der Waals surface area contributed by atoms with Gasteiger partial charge >= 0.3 is 0 Å². The van der Waals surface area contributed by atoms with E-state index in [4.69, 9.17) is 15.6 Å². The van der Waals surface area contributed by atoms with Gasteiger partial charge in [0.25, 0.3) is 0 Å². The Morgan fingerprint density at radius 3 is 2.50 bits per heavy atom. The zero-order valence-electron chi connectivity index (χ0n) is 10.6. The number of benzene rings is 3. The van der Waals surface area contributed by atoms with Crippen molar-refractivity contribution in [3.05, 3.63) is 53.9 Å². The number of nitrogens with one attached hydrogen (secondary N) is 1. The maximum absolute atomic E-state index is 8.17. The maximum Gasteiger partial charge on any atom is 0.178 e. The van der Waals surface area contributed by atoms with Crippen LogP contribution in [0.1, 0.15) is 0 Å². The van der Waals surface area contributed by atoms with E-state index in [-0.39, 0.29) is 5.36 Å². The van der Waals surface area contributed by atoms with Gasteiger partial charge in [-0.15, -0.1) is 0 Å². The summed E-state index contributed by atoms with van der Waals surface area (Å²) in [6, 6.07) is 15.2. The molecule has 0 atom stereocenters. The minimum atomic E-state index is 0.286. The number of hydrogen-bond acceptors (Lipinski definition) is 4.